The summed E-state index contributed by atoms with van der Waals surface area (Å²) in [5, 5.41) is 2.78. The molecule has 4 rings (SSSR count). The molecule has 3 aromatic rings. The van der Waals surface area contributed by atoms with Gasteiger partial charge in [0.05, 0.1) is 23.9 Å². The zero-order valence-corrected chi connectivity index (χ0v) is 16.9. The summed E-state index contributed by atoms with van der Waals surface area (Å²) in [6.45, 7) is 3.90. The number of hydrogen-bond acceptors (Lipinski definition) is 4. The molecule has 0 radical (unpaired) electrons. The molecule has 0 bridgehead atoms. The molecule has 1 heterocycles. The van der Waals surface area contributed by atoms with Crippen molar-refractivity contribution in [2.24, 2.45) is 0 Å². The molecule has 30 heavy (non-hydrogen) atoms. The Balaban J connectivity index is 1.60. The molecule has 1 aliphatic rings. The molecule has 6 heteroatoms. The lowest BCUT2D eigenvalue weighted by atomic mass is 10.1. The van der Waals surface area contributed by atoms with Crippen molar-refractivity contribution in [3.63, 3.8) is 0 Å². The van der Waals surface area contributed by atoms with Gasteiger partial charge in [-0.2, -0.15) is 0 Å². The molecule has 1 N–H and O–H groups in total. The molecular weight excluding hydrogens is 380 g/mol. The number of rotatable bonds is 4. The van der Waals surface area contributed by atoms with Gasteiger partial charge in [-0.15, -0.1) is 0 Å². The Labute approximate surface area is 174 Å². The fourth-order valence-electron chi connectivity index (χ4n) is 3.36. The minimum Gasteiger partial charge on any atom is -0.497 e. The summed E-state index contributed by atoms with van der Waals surface area (Å²) >= 11 is 0. The first-order valence-electron chi connectivity index (χ1n) is 9.44. The van der Waals surface area contributed by atoms with Gasteiger partial charge in [-0.25, -0.2) is 4.90 Å². The molecule has 0 unspecified atom stereocenters. The van der Waals surface area contributed by atoms with Gasteiger partial charge in [-0.1, -0.05) is 6.07 Å². The third-order valence-electron chi connectivity index (χ3n) is 5.25. The van der Waals surface area contributed by atoms with Crippen LogP contribution < -0.4 is 15.0 Å². The van der Waals surface area contributed by atoms with Crippen molar-refractivity contribution in [2.45, 2.75) is 13.8 Å². The SMILES string of the molecule is COc1ccc(NC(=O)c2ccc3c(c2)C(=O)N(c2ccc(C)c(C)c2)C3=O)cc1. The van der Waals surface area contributed by atoms with Crippen molar-refractivity contribution in [1.82, 2.24) is 0 Å². The highest BCUT2D eigenvalue weighted by atomic mass is 16.5. The lowest BCUT2D eigenvalue weighted by molar-refractivity contribution is 0.0925. The van der Waals surface area contributed by atoms with E-state index in [-0.39, 0.29) is 17.4 Å². The molecule has 0 atom stereocenters. The first kappa shape index (κ1) is 19.4. The molecule has 0 spiro atoms. The molecular formula is C24H20N2O4. The van der Waals surface area contributed by atoms with Crippen LogP contribution in [0.4, 0.5) is 11.4 Å². The van der Waals surface area contributed by atoms with Crippen LogP contribution in [-0.4, -0.2) is 24.8 Å². The van der Waals surface area contributed by atoms with Gasteiger partial charge in [0.15, 0.2) is 0 Å². The molecule has 0 fully saturated rings. The normalized spacial score (nSPS) is 12.7. The van der Waals surface area contributed by atoms with Crippen LogP contribution in [0, 0.1) is 13.8 Å². The summed E-state index contributed by atoms with van der Waals surface area (Å²) in [6.07, 6.45) is 0. The smallest absolute Gasteiger partial charge is 0.266 e. The maximum absolute atomic E-state index is 13.0. The van der Waals surface area contributed by atoms with Crippen molar-refractivity contribution in [1.29, 1.82) is 0 Å². The topological polar surface area (TPSA) is 75.7 Å². The van der Waals surface area contributed by atoms with Crippen LogP contribution in [0.1, 0.15) is 42.2 Å². The van der Waals surface area contributed by atoms with E-state index in [4.69, 9.17) is 4.74 Å². The van der Waals surface area contributed by atoms with E-state index < -0.39 is 5.91 Å². The van der Waals surface area contributed by atoms with Crippen LogP contribution >= 0.6 is 0 Å². The number of hydrogen-bond donors (Lipinski definition) is 1. The van der Waals surface area contributed by atoms with Crippen LogP contribution in [0.3, 0.4) is 0 Å². The molecule has 150 valence electrons. The van der Waals surface area contributed by atoms with E-state index in [1.54, 1.807) is 43.5 Å². The van der Waals surface area contributed by atoms with E-state index in [0.717, 1.165) is 16.0 Å². The Hall–Kier alpha value is -3.93. The Bertz CT molecular complexity index is 1180. The fourth-order valence-corrected chi connectivity index (χ4v) is 3.36. The highest BCUT2D eigenvalue weighted by molar-refractivity contribution is 6.34. The second-order valence-corrected chi connectivity index (χ2v) is 7.16. The van der Waals surface area contributed by atoms with Crippen molar-refractivity contribution in [3.05, 3.63) is 88.5 Å². The zero-order chi connectivity index (χ0) is 21.4. The van der Waals surface area contributed by atoms with Crippen molar-refractivity contribution in [2.75, 3.05) is 17.3 Å². The maximum Gasteiger partial charge on any atom is 0.266 e. The molecule has 3 aromatic carbocycles. The monoisotopic (exact) mass is 400 g/mol. The van der Waals surface area contributed by atoms with Gasteiger partial charge in [-0.3, -0.25) is 14.4 Å². The predicted molar refractivity (Wildman–Crippen MR) is 114 cm³/mol. The Morgan fingerprint density at radius 1 is 0.833 bits per heavy atom. The van der Waals surface area contributed by atoms with Gasteiger partial charge in [0.25, 0.3) is 17.7 Å². The first-order chi connectivity index (χ1) is 14.4. The van der Waals surface area contributed by atoms with Crippen molar-refractivity contribution >= 4 is 29.1 Å². The molecule has 0 aromatic heterocycles. The van der Waals surface area contributed by atoms with Gasteiger partial charge in [-0.05, 0) is 79.6 Å². The number of nitrogens with one attached hydrogen (secondary N) is 1. The van der Waals surface area contributed by atoms with Crippen molar-refractivity contribution < 1.29 is 19.1 Å². The minimum atomic E-state index is -0.433. The van der Waals surface area contributed by atoms with Gasteiger partial charge in [0.1, 0.15) is 5.75 Å². The van der Waals surface area contributed by atoms with E-state index in [0.29, 0.717) is 28.3 Å². The number of anilines is 2. The standard InChI is InChI=1S/C24H20N2O4/c1-14-4-8-18(12-15(14)2)26-23(28)20-11-5-16(13-21(20)24(26)29)22(27)25-17-6-9-19(30-3)10-7-17/h4-13H,1-3H3,(H,25,27). The number of nitrogens with zero attached hydrogens (tertiary/aromatic N) is 1. The van der Waals surface area contributed by atoms with Crippen LogP contribution in [0.15, 0.2) is 60.7 Å². The third-order valence-corrected chi connectivity index (χ3v) is 5.25. The van der Waals surface area contributed by atoms with Crippen LogP contribution in [0.2, 0.25) is 0 Å². The fraction of sp³-hybridized carbons (Fsp3) is 0.125. The van der Waals surface area contributed by atoms with E-state index in [1.807, 2.05) is 26.0 Å². The Kier molecular flexibility index (Phi) is 4.83. The number of fused-ring (bicyclic) bond motifs is 1. The Morgan fingerprint density at radius 2 is 1.53 bits per heavy atom. The number of ether oxygens (including phenoxy) is 1. The quantitative estimate of drug-likeness (QED) is 0.660. The summed E-state index contributed by atoms with van der Waals surface area (Å²) in [5.41, 5.74) is 4.00. The summed E-state index contributed by atoms with van der Waals surface area (Å²) in [7, 11) is 1.57. The second kappa shape index (κ2) is 7.48. The lowest BCUT2D eigenvalue weighted by Crippen LogP contribution is -2.29. The number of methoxy groups -OCH3 is 1. The maximum atomic E-state index is 13.0. The van der Waals surface area contributed by atoms with Crippen LogP contribution in [0.25, 0.3) is 0 Å². The third kappa shape index (κ3) is 3.33. The molecule has 0 saturated carbocycles. The van der Waals surface area contributed by atoms with E-state index in [1.165, 1.54) is 12.1 Å². The minimum absolute atomic E-state index is 0.223. The molecule has 0 aliphatic carbocycles. The van der Waals surface area contributed by atoms with Crippen LogP contribution in [-0.2, 0) is 0 Å². The average molecular weight is 400 g/mol. The second-order valence-electron chi connectivity index (χ2n) is 7.16. The number of imide groups is 1. The van der Waals surface area contributed by atoms with Gasteiger partial charge in [0, 0.05) is 11.3 Å². The predicted octanol–water partition coefficient (Wildman–Crippen LogP) is 4.36. The summed E-state index contributed by atoms with van der Waals surface area (Å²) in [4.78, 5) is 39.6. The van der Waals surface area contributed by atoms with Gasteiger partial charge >= 0.3 is 0 Å². The number of amides is 3. The van der Waals surface area contributed by atoms with E-state index >= 15 is 0 Å². The zero-order valence-electron chi connectivity index (χ0n) is 16.9. The number of carbonyl (C=O) groups excluding carboxylic acids is 3. The summed E-state index contributed by atoms with van der Waals surface area (Å²) in [6, 6.07) is 16.9. The largest absolute Gasteiger partial charge is 0.497 e. The lowest BCUT2D eigenvalue weighted by Gasteiger charge is -2.15. The first-order valence-corrected chi connectivity index (χ1v) is 9.44. The average Bonchev–Trinajstić information content (AvgIpc) is 3.00. The van der Waals surface area contributed by atoms with Crippen molar-refractivity contribution in [3.8, 4) is 5.75 Å². The molecule has 6 nitrogen and oxygen atoms in total. The highest BCUT2D eigenvalue weighted by Gasteiger charge is 2.37. The number of aryl methyl sites for hydroxylation is 2. The summed E-state index contributed by atoms with van der Waals surface area (Å²) in [5.74, 6) is -0.508. The van der Waals surface area contributed by atoms with E-state index in [9.17, 15) is 14.4 Å². The van der Waals surface area contributed by atoms with Crippen LogP contribution in [0.5, 0.6) is 5.75 Å². The number of benzene rings is 3. The molecule has 3 amide bonds. The molecule has 1 aliphatic heterocycles. The van der Waals surface area contributed by atoms with Gasteiger partial charge in [0.2, 0.25) is 0 Å². The highest BCUT2D eigenvalue weighted by Crippen LogP contribution is 2.30. The van der Waals surface area contributed by atoms with Gasteiger partial charge < -0.3 is 10.1 Å². The Morgan fingerprint density at radius 3 is 2.20 bits per heavy atom. The summed E-state index contributed by atoms with van der Waals surface area (Å²) < 4.78 is 5.10. The molecule has 0 saturated heterocycles. The number of carbonyl (C=O) groups is 3. The van der Waals surface area contributed by atoms with E-state index in [2.05, 4.69) is 5.32 Å².